The number of allylic oxidation sites excluding steroid dienone is 6. The van der Waals surface area contributed by atoms with Gasteiger partial charge in [-0.1, -0.05) is 84.4 Å². The number of nitrogens with one attached hydrogen (secondary N) is 1. The van der Waals surface area contributed by atoms with E-state index in [1.54, 1.807) is 6.08 Å². The van der Waals surface area contributed by atoms with Gasteiger partial charge in [-0.2, -0.15) is 0 Å². The molecule has 0 saturated heterocycles. The molecule has 0 aliphatic heterocycles. The van der Waals surface area contributed by atoms with Crippen molar-refractivity contribution >= 4 is 23.6 Å². The van der Waals surface area contributed by atoms with E-state index in [0.717, 1.165) is 44.2 Å². The molecule has 44 heavy (non-hydrogen) atoms. The highest BCUT2D eigenvalue weighted by molar-refractivity contribution is 8.01. The zero-order valence-electron chi connectivity index (χ0n) is 28.4. The molecule has 0 aromatic carbocycles. The van der Waals surface area contributed by atoms with Crippen LogP contribution in [0.3, 0.4) is 0 Å². The van der Waals surface area contributed by atoms with Crippen molar-refractivity contribution in [1.82, 2.24) is 5.32 Å². The number of hydrogen-bond donors (Lipinski definition) is 4. The van der Waals surface area contributed by atoms with Crippen molar-refractivity contribution < 1.29 is 19.8 Å². The summed E-state index contributed by atoms with van der Waals surface area (Å²) in [6.45, 7) is 18.9. The van der Waals surface area contributed by atoms with Gasteiger partial charge in [0.25, 0.3) is 0 Å². The molecule has 1 saturated carbocycles. The predicted molar refractivity (Wildman–Crippen MR) is 184 cm³/mol. The van der Waals surface area contributed by atoms with Crippen molar-refractivity contribution in [3.63, 3.8) is 0 Å². The first-order chi connectivity index (χ1) is 20.3. The average molecular weight is 625 g/mol. The molecule has 3 aliphatic carbocycles. The largest absolute Gasteiger partial charge is 0.504 e. The smallest absolute Gasteiger partial charge is 0.223 e. The van der Waals surface area contributed by atoms with E-state index >= 15 is 0 Å². The fraction of sp³-hybridized carbons (Fsp3) is 0.622. The quantitative estimate of drug-likeness (QED) is 0.221. The molecule has 1 fully saturated rings. The summed E-state index contributed by atoms with van der Waals surface area (Å²) in [7, 11) is 0. The summed E-state index contributed by atoms with van der Waals surface area (Å²) >= 11 is 1.82. The van der Waals surface area contributed by atoms with E-state index in [-0.39, 0.29) is 50.6 Å². The molecule has 0 radical (unpaired) electrons. The Kier molecular flexibility index (Phi) is 11.5. The van der Waals surface area contributed by atoms with Gasteiger partial charge in [-0.15, -0.1) is 11.8 Å². The van der Waals surface area contributed by atoms with Gasteiger partial charge in [-0.05, 0) is 86.3 Å². The molecule has 0 spiro atoms. The minimum atomic E-state index is -0.578. The summed E-state index contributed by atoms with van der Waals surface area (Å²) in [4.78, 5) is 23.9. The number of nitrogens with two attached hydrogens (primary N) is 1. The summed E-state index contributed by atoms with van der Waals surface area (Å²) < 4.78 is 0. The lowest BCUT2D eigenvalue weighted by molar-refractivity contribution is -0.128. The molecule has 3 rings (SSSR count). The normalized spacial score (nSPS) is 36.4. The van der Waals surface area contributed by atoms with Crippen LogP contribution in [-0.4, -0.2) is 32.5 Å². The maximum Gasteiger partial charge on any atom is 0.223 e. The van der Waals surface area contributed by atoms with Gasteiger partial charge in [-0.3, -0.25) is 9.59 Å². The van der Waals surface area contributed by atoms with Crippen LogP contribution >= 0.6 is 11.8 Å². The van der Waals surface area contributed by atoms with Crippen molar-refractivity contribution in [3.05, 3.63) is 70.9 Å². The van der Waals surface area contributed by atoms with Crippen LogP contribution in [0, 0.1) is 34.0 Å². The van der Waals surface area contributed by atoms with Crippen LogP contribution in [-0.2, 0) is 9.59 Å². The third-order valence-electron chi connectivity index (χ3n) is 10.3. The van der Waals surface area contributed by atoms with Crippen LogP contribution in [0.5, 0.6) is 0 Å². The molecule has 244 valence electrons. The second-order valence-electron chi connectivity index (χ2n) is 15.0. The van der Waals surface area contributed by atoms with Crippen molar-refractivity contribution in [2.75, 3.05) is 0 Å². The number of amides is 2. The molecular formula is C37H56N2O4S. The molecule has 0 aromatic heterocycles. The number of aliphatic hydroxyl groups excluding tert-OH is 2. The minimum absolute atomic E-state index is 0.0306. The van der Waals surface area contributed by atoms with E-state index in [9.17, 15) is 19.8 Å². The molecule has 0 bridgehead atoms. The Morgan fingerprint density at radius 1 is 1.09 bits per heavy atom. The summed E-state index contributed by atoms with van der Waals surface area (Å²) in [5, 5.41) is 24.8. The van der Waals surface area contributed by atoms with Crippen molar-refractivity contribution in [1.29, 1.82) is 0 Å². The first-order valence-electron chi connectivity index (χ1n) is 16.2. The predicted octanol–water partition coefficient (Wildman–Crippen LogP) is 8.60. The Labute approximate surface area is 270 Å². The Morgan fingerprint density at radius 3 is 2.36 bits per heavy atom. The lowest BCUT2D eigenvalue weighted by Gasteiger charge is -2.45. The topological polar surface area (TPSA) is 113 Å². The summed E-state index contributed by atoms with van der Waals surface area (Å²) in [5.74, 6) is 0.424. The number of primary amides is 1. The number of thioether (sulfide) groups is 1. The fourth-order valence-electron chi connectivity index (χ4n) is 7.17. The van der Waals surface area contributed by atoms with Crippen LogP contribution < -0.4 is 11.1 Å². The van der Waals surface area contributed by atoms with Gasteiger partial charge in [0, 0.05) is 34.0 Å². The minimum Gasteiger partial charge on any atom is -0.504 e. The second-order valence-corrected chi connectivity index (χ2v) is 16.5. The molecular weight excluding hydrogens is 568 g/mol. The maximum atomic E-state index is 12.4. The highest BCUT2D eigenvalue weighted by Gasteiger charge is 2.42. The summed E-state index contributed by atoms with van der Waals surface area (Å²) in [5.41, 5.74) is 7.78. The number of hydrogen-bond acceptors (Lipinski definition) is 5. The number of aliphatic hydroxyl groups is 2. The van der Waals surface area contributed by atoms with Gasteiger partial charge >= 0.3 is 0 Å². The zero-order chi connectivity index (χ0) is 33.0. The van der Waals surface area contributed by atoms with Crippen LogP contribution in [0.1, 0.15) is 101 Å². The SMILES string of the molecule is CC(=O)NC1=CCC(SC2/C=C3/[C@@H](C)CCC(C)(C)[C@@H](CC(C)(C)C(N)=O)[C@H](C)CC[C@@]3(C)/C=C/C(O)=C(O)\C(C)=C\2)C=C1. The van der Waals surface area contributed by atoms with E-state index < -0.39 is 5.41 Å². The van der Waals surface area contributed by atoms with E-state index in [1.807, 2.05) is 38.6 Å². The first-order valence-corrected chi connectivity index (χ1v) is 17.1. The Balaban J connectivity index is 2.04. The number of fused-ring (bicyclic) bond motifs is 1. The van der Waals surface area contributed by atoms with E-state index in [0.29, 0.717) is 17.4 Å². The highest BCUT2D eigenvalue weighted by atomic mass is 32.2. The van der Waals surface area contributed by atoms with Crippen molar-refractivity contribution in [2.24, 2.45) is 39.7 Å². The van der Waals surface area contributed by atoms with E-state index in [1.165, 1.54) is 12.5 Å². The Morgan fingerprint density at radius 2 is 1.77 bits per heavy atom. The van der Waals surface area contributed by atoms with Crippen molar-refractivity contribution in [2.45, 2.75) is 111 Å². The molecule has 0 heterocycles. The van der Waals surface area contributed by atoms with Crippen LogP contribution in [0.2, 0.25) is 0 Å². The number of carbonyl (C=O) groups excluding carboxylic acids is 2. The third kappa shape index (κ3) is 8.95. The molecule has 5 N–H and O–H groups in total. The summed E-state index contributed by atoms with van der Waals surface area (Å²) in [6, 6.07) is 0. The molecule has 6 nitrogen and oxygen atoms in total. The number of rotatable bonds is 6. The standard InChI is InChI=1S/C37H56N2O4S/c1-23-14-17-35(5,6)31(22-36(7,8)34(38)43)24(2)15-18-37(9)19-16-32(41)33(42)25(3)20-29(21-30(23)37)44-28-12-10-27(11-13-28)39-26(4)40/h10-12,16,19-21,23-24,28-29,31,41-42H,13-15,17-18,22H2,1-9H3,(H2,38,43)(H,39,40)/b19-16+,25-20+,30-21-,33-32-/t23-,24+,28?,29?,31-,37-/m0/s1. The van der Waals surface area contributed by atoms with Crippen molar-refractivity contribution in [3.8, 4) is 0 Å². The van der Waals surface area contributed by atoms with Crippen LogP contribution in [0.4, 0.5) is 0 Å². The molecule has 3 aliphatic rings. The van der Waals surface area contributed by atoms with Gasteiger partial charge in [-0.25, -0.2) is 0 Å². The lowest BCUT2D eigenvalue weighted by atomic mass is 9.59. The monoisotopic (exact) mass is 624 g/mol. The van der Waals surface area contributed by atoms with Gasteiger partial charge in [0.1, 0.15) is 0 Å². The molecule has 7 heteroatoms. The maximum absolute atomic E-state index is 12.4. The Bertz CT molecular complexity index is 1280. The van der Waals surface area contributed by atoms with Crippen LogP contribution in [0.25, 0.3) is 0 Å². The van der Waals surface area contributed by atoms with Gasteiger partial charge < -0.3 is 21.3 Å². The molecule has 2 unspecified atom stereocenters. The zero-order valence-corrected chi connectivity index (χ0v) is 29.2. The van der Waals surface area contributed by atoms with E-state index in [2.05, 4.69) is 70.3 Å². The van der Waals surface area contributed by atoms with Crippen LogP contribution in [0.15, 0.2) is 70.9 Å². The average Bonchev–Trinajstić information content (AvgIpc) is 2.94. The lowest BCUT2D eigenvalue weighted by Crippen LogP contribution is -2.40. The first kappa shape index (κ1) is 35.8. The second kappa shape index (κ2) is 14.2. The fourth-order valence-corrected chi connectivity index (χ4v) is 8.46. The summed E-state index contributed by atoms with van der Waals surface area (Å²) in [6.07, 6.45) is 19.8. The Hall–Kier alpha value is -2.67. The van der Waals surface area contributed by atoms with E-state index in [4.69, 9.17) is 5.73 Å². The van der Waals surface area contributed by atoms with Gasteiger partial charge in [0.2, 0.25) is 11.8 Å². The number of carbonyl (C=O) groups is 2. The van der Waals surface area contributed by atoms with Gasteiger partial charge in [0.15, 0.2) is 11.5 Å². The van der Waals surface area contributed by atoms with Gasteiger partial charge in [0.05, 0.1) is 0 Å². The molecule has 0 aromatic rings. The third-order valence-corrected chi connectivity index (χ3v) is 11.6. The molecule has 6 atom stereocenters. The highest BCUT2D eigenvalue weighted by Crippen LogP contribution is 2.51. The molecule has 2 amide bonds.